The first-order chi connectivity index (χ1) is 14.2. The van der Waals surface area contributed by atoms with Gasteiger partial charge in [-0.2, -0.15) is 13.2 Å². The van der Waals surface area contributed by atoms with Gasteiger partial charge in [0.25, 0.3) is 5.91 Å². The van der Waals surface area contributed by atoms with Crippen molar-refractivity contribution in [3.63, 3.8) is 0 Å². The number of nitrogens with one attached hydrogen (secondary N) is 1. The van der Waals surface area contributed by atoms with Gasteiger partial charge in [0.1, 0.15) is 0 Å². The number of anilines is 1. The lowest BCUT2D eigenvalue weighted by atomic mass is 10.2. The van der Waals surface area contributed by atoms with E-state index >= 15 is 0 Å². The molecule has 2 amide bonds. The van der Waals surface area contributed by atoms with Crippen molar-refractivity contribution in [1.29, 1.82) is 0 Å². The number of halogens is 3. The zero-order chi connectivity index (χ0) is 21.7. The monoisotopic (exact) mass is 430 g/mol. The van der Waals surface area contributed by atoms with Crippen molar-refractivity contribution in [2.24, 2.45) is 5.16 Å². The number of carbonyl (C=O) groups excluding carboxylic acids is 1. The van der Waals surface area contributed by atoms with Crippen LogP contribution in [0.25, 0.3) is 0 Å². The molecule has 2 N–H and O–H groups in total. The van der Waals surface area contributed by atoms with Crippen molar-refractivity contribution < 1.29 is 32.7 Å². The van der Waals surface area contributed by atoms with E-state index in [2.05, 4.69) is 20.4 Å². The van der Waals surface area contributed by atoms with E-state index in [0.29, 0.717) is 44.7 Å². The maximum atomic E-state index is 12.6. The lowest BCUT2D eigenvalue weighted by Crippen LogP contribution is -2.50. The predicted octanol–water partition coefficient (Wildman–Crippen LogP) is 1.34. The second kappa shape index (κ2) is 9.13. The number of nitrogens with zero attached hydrogens (tertiary/aromatic N) is 5. The highest BCUT2D eigenvalue weighted by Crippen LogP contribution is 2.28. The molecular formula is C17H21F3N6O4. The molecule has 0 radical (unpaired) electrons. The van der Waals surface area contributed by atoms with Crippen LogP contribution in [0.15, 0.2) is 17.5 Å². The minimum Gasteiger partial charge on any atom is -0.465 e. The Morgan fingerprint density at radius 1 is 1.23 bits per heavy atom. The summed E-state index contributed by atoms with van der Waals surface area (Å²) >= 11 is 0. The van der Waals surface area contributed by atoms with Gasteiger partial charge in [0.15, 0.2) is 6.61 Å². The average molecular weight is 430 g/mol. The fraction of sp³-hybridized carbons (Fsp3) is 0.588. The van der Waals surface area contributed by atoms with Crippen LogP contribution in [0.5, 0.6) is 0 Å². The van der Waals surface area contributed by atoms with Gasteiger partial charge in [-0.25, -0.2) is 14.8 Å². The number of carbonyl (C=O) groups is 2. The topological polar surface area (TPSA) is 120 Å². The molecule has 1 atom stereocenters. The predicted molar refractivity (Wildman–Crippen MR) is 98.0 cm³/mol. The van der Waals surface area contributed by atoms with Gasteiger partial charge in [-0.1, -0.05) is 5.16 Å². The smallest absolute Gasteiger partial charge is 0.419 e. The summed E-state index contributed by atoms with van der Waals surface area (Å²) in [6.07, 6.45) is -2.13. The largest absolute Gasteiger partial charge is 0.465 e. The van der Waals surface area contributed by atoms with E-state index in [0.717, 1.165) is 18.8 Å². The number of aromatic nitrogens is 2. The SMILES string of the molecule is O=C(O)NC1CCCC1=NOCC(=O)N1CCN(c2ncc(C(F)(F)F)cn2)CC1. The van der Waals surface area contributed by atoms with E-state index in [1.807, 2.05) is 0 Å². The molecule has 164 valence electrons. The van der Waals surface area contributed by atoms with Crippen LogP contribution >= 0.6 is 0 Å². The van der Waals surface area contributed by atoms with Crippen LogP contribution in [0.1, 0.15) is 24.8 Å². The molecule has 1 aliphatic carbocycles. The number of hydrogen-bond donors (Lipinski definition) is 2. The fourth-order valence-corrected chi connectivity index (χ4v) is 3.29. The molecule has 10 nitrogen and oxygen atoms in total. The Labute approximate surface area is 169 Å². The van der Waals surface area contributed by atoms with E-state index in [1.54, 1.807) is 9.80 Å². The van der Waals surface area contributed by atoms with Gasteiger partial charge in [0, 0.05) is 38.6 Å². The lowest BCUT2D eigenvalue weighted by Gasteiger charge is -2.34. The summed E-state index contributed by atoms with van der Waals surface area (Å²) in [6, 6.07) is -0.398. The highest BCUT2D eigenvalue weighted by Gasteiger charge is 2.32. The average Bonchev–Trinajstić information content (AvgIpc) is 3.13. The maximum absolute atomic E-state index is 12.6. The summed E-state index contributed by atoms with van der Waals surface area (Å²) in [6.45, 7) is 1.14. The third-order valence-electron chi connectivity index (χ3n) is 4.88. The first-order valence-corrected chi connectivity index (χ1v) is 9.34. The molecule has 2 aliphatic rings. The minimum atomic E-state index is -4.49. The molecule has 0 aromatic carbocycles. The van der Waals surface area contributed by atoms with E-state index in [9.17, 15) is 22.8 Å². The van der Waals surface area contributed by atoms with Crippen molar-refractivity contribution in [1.82, 2.24) is 20.2 Å². The van der Waals surface area contributed by atoms with Crippen molar-refractivity contribution >= 4 is 23.7 Å². The molecule has 1 saturated carbocycles. The van der Waals surface area contributed by atoms with E-state index in [1.165, 1.54) is 0 Å². The molecule has 1 aromatic heterocycles. The first-order valence-electron chi connectivity index (χ1n) is 9.34. The van der Waals surface area contributed by atoms with Gasteiger partial charge in [-0.05, 0) is 19.3 Å². The van der Waals surface area contributed by atoms with Gasteiger partial charge in [0.05, 0.1) is 17.3 Å². The molecule has 1 unspecified atom stereocenters. The summed E-state index contributed by atoms with van der Waals surface area (Å²) in [4.78, 5) is 38.9. The standard InChI is InChI=1S/C17H21F3N6O4/c18-17(19,20)11-8-21-15(22-9-11)26-6-4-25(5-7-26)14(27)10-30-24-13-3-1-2-12(13)23-16(28)29/h8-9,12,23H,1-7,10H2,(H,28,29). The molecule has 1 saturated heterocycles. The number of piperazine rings is 1. The van der Waals surface area contributed by atoms with Crippen molar-refractivity contribution in [2.45, 2.75) is 31.5 Å². The van der Waals surface area contributed by atoms with Crippen LogP contribution in [0.4, 0.5) is 23.9 Å². The number of rotatable bonds is 5. The Bertz CT molecular complexity index is 794. The summed E-state index contributed by atoms with van der Waals surface area (Å²) in [7, 11) is 0. The number of oxime groups is 1. The molecule has 1 aromatic rings. The quantitative estimate of drug-likeness (QED) is 0.677. The van der Waals surface area contributed by atoms with Crippen molar-refractivity contribution in [2.75, 3.05) is 37.7 Å². The molecule has 30 heavy (non-hydrogen) atoms. The van der Waals surface area contributed by atoms with Crippen LogP contribution < -0.4 is 10.2 Å². The Morgan fingerprint density at radius 2 is 1.90 bits per heavy atom. The molecule has 1 aliphatic heterocycles. The Kier molecular flexibility index (Phi) is 6.57. The molecule has 13 heteroatoms. The van der Waals surface area contributed by atoms with Gasteiger partial charge in [-0.3, -0.25) is 4.79 Å². The van der Waals surface area contributed by atoms with Crippen LogP contribution in [0.3, 0.4) is 0 Å². The Hall–Kier alpha value is -3.12. The second-order valence-corrected chi connectivity index (χ2v) is 6.89. The third kappa shape index (κ3) is 5.48. The van der Waals surface area contributed by atoms with Gasteiger partial charge >= 0.3 is 12.3 Å². The van der Waals surface area contributed by atoms with Crippen LogP contribution in [0.2, 0.25) is 0 Å². The summed E-state index contributed by atoms with van der Waals surface area (Å²) < 4.78 is 37.8. The molecule has 2 fully saturated rings. The van der Waals surface area contributed by atoms with Gasteiger partial charge in [-0.15, -0.1) is 0 Å². The van der Waals surface area contributed by atoms with E-state index in [4.69, 9.17) is 9.94 Å². The summed E-state index contributed by atoms with van der Waals surface area (Å²) in [5.41, 5.74) is -0.351. The van der Waals surface area contributed by atoms with Crippen molar-refractivity contribution in [3.8, 4) is 0 Å². The third-order valence-corrected chi connectivity index (χ3v) is 4.88. The first kappa shape index (κ1) is 21.6. The van der Waals surface area contributed by atoms with Gasteiger partial charge in [0.2, 0.25) is 5.95 Å². The molecule has 3 rings (SSSR count). The van der Waals surface area contributed by atoms with Crippen LogP contribution in [-0.4, -0.2) is 76.5 Å². The Balaban J connectivity index is 1.45. The fourth-order valence-electron chi connectivity index (χ4n) is 3.29. The zero-order valence-corrected chi connectivity index (χ0v) is 15.9. The number of alkyl halides is 3. The zero-order valence-electron chi connectivity index (χ0n) is 15.9. The molecule has 2 heterocycles. The maximum Gasteiger partial charge on any atom is 0.419 e. The summed E-state index contributed by atoms with van der Waals surface area (Å²) in [5.74, 6) is -0.107. The van der Waals surface area contributed by atoms with E-state index in [-0.39, 0.29) is 18.5 Å². The minimum absolute atomic E-state index is 0.177. The number of carboxylic acid groups (broad SMARTS) is 1. The number of amides is 2. The van der Waals surface area contributed by atoms with Crippen molar-refractivity contribution in [3.05, 3.63) is 18.0 Å². The van der Waals surface area contributed by atoms with E-state index < -0.39 is 23.9 Å². The Morgan fingerprint density at radius 3 is 2.50 bits per heavy atom. The highest BCUT2D eigenvalue weighted by molar-refractivity contribution is 5.93. The van der Waals surface area contributed by atoms with Gasteiger partial charge < -0.3 is 25.1 Å². The highest BCUT2D eigenvalue weighted by atomic mass is 19.4. The number of hydrogen-bond acceptors (Lipinski definition) is 7. The second-order valence-electron chi connectivity index (χ2n) is 6.89. The molecule has 0 bridgehead atoms. The van der Waals surface area contributed by atoms with Crippen LogP contribution in [-0.2, 0) is 15.8 Å². The normalized spacial score (nSPS) is 21.0. The lowest BCUT2D eigenvalue weighted by molar-refractivity contribution is -0.138. The molecule has 0 spiro atoms. The summed E-state index contributed by atoms with van der Waals surface area (Å²) in [5, 5.41) is 15.1. The van der Waals surface area contributed by atoms with Crippen LogP contribution in [0, 0.1) is 0 Å². The molecular weight excluding hydrogens is 409 g/mol.